The van der Waals surface area contributed by atoms with Crippen molar-refractivity contribution >= 4 is 11.6 Å². The average Bonchev–Trinajstić information content (AvgIpc) is 2.46. The van der Waals surface area contributed by atoms with Crippen LogP contribution in [0.5, 0.6) is 0 Å². The van der Waals surface area contributed by atoms with E-state index in [4.69, 9.17) is 0 Å². The van der Waals surface area contributed by atoms with Crippen molar-refractivity contribution in [3.05, 3.63) is 35.1 Å². The van der Waals surface area contributed by atoms with E-state index in [1.807, 2.05) is 0 Å². The van der Waals surface area contributed by atoms with Crippen molar-refractivity contribution in [2.75, 3.05) is 13.1 Å². The monoisotopic (exact) mass is 303 g/mol. The lowest BCUT2D eigenvalue weighted by Gasteiger charge is -2.21. The van der Waals surface area contributed by atoms with E-state index in [-0.39, 0.29) is 17.3 Å². The van der Waals surface area contributed by atoms with Gasteiger partial charge >= 0.3 is 6.18 Å². The van der Waals surface area contributed by atoms with E-state index < -0.39 is 23.3 Å². The van der Waals surface area contributed by atoms with Gasteiger partial charge in [0.1, 0.15) is 5.82 Å². The second kappa shape index (κ2) is 5.93. The largest absolute Gasteiger partial charge is 0.454 e. The van der Waals surface area contributed by atoms with Gasteiger partial charge in [-0.2, -0.15) is 13.2 Å². The first-order chi connectivity index (χ1) is 9.80. The number of benzene rings is 1. The predicted octanol–water partition coefficient (Wildman–Crippen LogP) is 2.75. The molecule has 7 heteroatoms. The van der Waals surface area contributed by atoms with Crippen molar-refractivity contribution in [3.8, 4) is 0 Å². The minimum Gasteiger partial charge on any atom is -0.317 e. The Morgan fingerprint density at radius 3 is 2.33 bits per heavy atom. The topological polar surface area (TPSA) is 46.2 Å². The van der Waals surface area contributed by atoms with Crippen LogP contribution in [0, 0.1) is 11.7 Å². The second-order valence-electron chi connectivity index (χ2n) is 4.91. The number of hydrogen-bond donors (Lipinski definition) is 1. The van der Waals surface area contributed by atoms with Crippen LogP contribution in [0.1, 0.15) is 33.6 Å². The SMILES string of the molecule is O=C(c1ccc(F)c(C(=O)C(F)(F)F)c1)C1CCNCC1. The maximum atomic E-state index is 13.4. The van der Waals surface area contributed by atoms with Crippen LogP contribution in [0.15, 0.2) is 18.2 Å². The molecule has 114 valence electrons. The van der Waals surface area contributed by atoms with Crippen LogP contribution >= 0.6 is 0 Å². The molecule has 0 aromatic heterocycles. The maximum Gasteiger partial charge on any atom is 0.454 e. The zero-order valence-corrected chi connectivity index (χ0v) is 11.0. The van der Waals surface area contributed by atoms with Crippen molar-refractivity contribution in [2.45, 2.75) is 19.0 Å². The molecule has 2 rings (SSSR count). The number of carbonyl (C=O) groups excluding carboxylic acids is 2. The Morgan fingerprint density at radius 1 is 1.14 bits per heavy atom. The van der Waals surface area contributed by atoms with E-state index in [1.54, 1.807) is 0 Å². The molecule has 1 fully saturated rings. The number of alkyl halides is 3. The average molecular weight is 303 g/mol. The summed E-state index contributed by atoms with van der Waals surface area (Å²) in [7, 11) is 0. The van der Waals surface area contributed by atoms with Crippen LogP contribution in [0.25, 0.3) is 0 Å². The van der Waals surface area contributed by atoms with Gasteiger partial charge in [0.2, 0.25) is 0 Å². The number of hydrogen-bond acceptors (Lipinski definition) is 3. The summed E-state index contributed by atoms with van der Waals surface area (Å²) in [5.74, 6) is -4.22. The summed E-state index contributed by atoms with van der Waals surface area (Å²) in [5.41, 5.74) is -1.17. The van der Waals surface area contributed by atoms with Gasteiger partial charge in [-0.3, -0.25) is 9.59 Å². The zero-order chi connectivity index (χ0) is 15.6. The number of rotatable bonds is 3. The van der Waals surface area contributed by atoms with Crippen LogP contribution in [-0.2, 0) is 0 Å². The van der Waals surface area contributed by atoms with Gasteiger partial charge in [-0.05, 0) is 44.1 Å². The van der Waals surface area contributed by atoms with Gasteiger partial charge in [0.05, 0.1) is 5.56 Å². The molecule has 0 aliphatic carbocycles. The fourth-order valence-electron chi connectivity index (χ4n) is 2.33. The molecule has 21 heavy (non-hydrogen) atoms. The van der Waals surface area contributed by atoms with Crippen LogP contribution < -0.4 is 5.32 Å². The van der Waals surface area contributed by atoms with Gasteiger partial charge in [0.25, 0.3) is 5.78 Å². The van der Waals surface area contributed by atoms with Crippen molar-refractivity contribution in [2.24, 2.45) is 5.92 Å². The van der Waals surface area contributed by atoms with Crippen LogP contribution in [0.2, 0.25) is 0 Å². The molecule has 1 aromatic carbocycles. The van der Waals surface area contributed by atoms with Crippen LogP contribution in [0.4, 0.5) is 17.6 Å². The normalized spacial score (nSPS) is 16.8. The van der Waals surface area contributed by atoms with Crippen molar-refractivity contribution in [1.29, 1.82) is 0 Å². The standard InChI is InChI=1S/C14H13F4NO2/c15-11-2-1-9(7-10(11)13(21)14(16,17)18)12(20)8-3-5-19-6-4-8/h1-2,7-8,19H,3-6H2. The first kappa shape index (κ1) is 15.6. The van der Waals surface area contributed by atoms with E-state index in [9.17, 15) is 27.2 Å². The van der Waals surface area contributed by atoms with Gasteiger partial charge in [0.15, 0.2) is 5.78 Å². The fraction of sp³-hybridized carbons (Fsp3) is 0.429. The molecule has 1 N–H and O–H groups in total. The third-order valence-electron chi connectivity index (χ3n) is 3.46. The Bertz CT molecular complexity index is 563. The molecule has 0 spiro atoms. The molecule has 1 aliphatic rings. The lowest BCUT2D eigenvalue weighted by atomic mass is 9.89. The third kappa shape index (κ3) is 3.47. The first-order valence-electron chi connectivity index (χ1n) is 6.46. The molecular formula is C14H13F4NO2. The summed E-state index contributed by atoms with van der Waals surface area (Å²) >= 11 is 0. The van der Waals surface area contributed by atoms with Crippen molar-refractivity contribution < 1.29 is 27.2 Å². The van der Waals surface area contributed by atoms with E-state index in [0.29, 0.717) is 32.0 Å². The number of piperidine rings is 1. The molecule has 1 aliphatic heterocycles. The first-order valence-corrected chi connectivity index (χ1v) is 6.46. The number of Topliss-reactive ketones (excluding diaryl/α,β-unsaturated/α-hetero) is 2. The maximum absolute atomic E-state index is 13.4. The molecule has 0 amide bonds. The lowest BCUT2D eigenvalue weighted by molar-refractivity contribution is -0.0887. The summed E-state index contributed by atoms with van der Waals surface area (Å²) in [4.78, 5) is 23.3. The van der Waals surface area contributed by atoms with Gasteiger partial charge in [-0.15, -0.1) is 0 Å². The molecule has 0 bridgehead atoms. The summed E-state index contributed by atoms with van der Waals surface area (Å²) < 4.78 is 50.6. The Hall–Kier alpha value is -1.76. The number of ketones is 2. The highest BCUT2D eigenvalue weighted by molar-refractivity contribution is 6.04. The zero-order valence-electron chi connectivity index (χ0n) is 11.0. The summed E-state index contributed by atoms with van der Waals surface area (Å²) in [6.07, 6.45) is -4.03. The molecule has 1 saturated heterocycles. The minimum atomic E-state index is -5.17. The highest BCUT2D eigenvalue weighted by Gasteiger charge is 2.41. The highest BCUT2D eigenvalue weighted by Crippen LogP contribution is 2.25. The quantitative estimate of drug-likeness (QED) is 0.690. The molecule has 3 nitrogen and oxygen atoms in total. The summed E-state index contributed by atoms with van der Waals surface area (Å²) in [6, 6.07) is 2.55. The third-order valence-corrected chi connectivity index (χ3v) is 3.46. The van der Waals surface area contributed by atoms with Gasteiger partial charge in [0, 0.05) is 11.5 Å². The predicted molar refractivity (Wildman–Crippen MR) is 66.7 cm³/mol. The second-order valence-corrected chi connectivity index (χ2v) is 4.91. The molecule has 0 saturated carbocycles. The Kier molecular flexibility index (Phi) is 4.41. The van der Waals surface area contributed by atoms with E-state index in [1.165, 1.54) is 0 Å². The fourth-order valence-corrected chi connectivity index (χ4v) is 2.33. The van der Waals surface area contributed by atoms with Crippen LogP contribution in [-0.4, -0.2) is 30.8 Å². The Labute approximate surface area is 118 Å². The summed E-state index contributed by atoms with van der Waals surface area (Å²) in [6.45, 7) is 1.29. The van der Waals surface area contributed by atoms with Gasteiger partial charge in [-0.1, -0.05) is 0 Å². The molecule has 0 atom stereocenters. The summed E-state index contributed by atoms with van der Waals surface area (Å²) in [5, 5.41) is 3.06. The lowest BCUT2D eigenvalue weighted by Crippen LogP contribution is -2.32. The number of nitrogens with one attached hydrogen (secondary N) is 1. The van der Waals surface area contributed by atoms with Gasteiger partial charge in [-0.25, -0.2) is 4.39 Å². The van der Waals surface area contributed by atoms with Crippen molar-refractivity contribution in [3.63, 3.8) is 0 Å². The van der Waals surface area contributed by atoms with Gasteiger partial charge < -0.3 is 5.32 Å². The van der Waals surface area contributed by atoms with E-state index in [2.05, 4.69) is 5.32 Å². The molecule has 0 unspecified atom stereocenters. The number of halogens is 4. The van der Waals surface area contributed by atoms with Crippen LogP contribution in [0.3, 0.4) is 0 Å². The Balaban J connectivity index is 2.30. The highest BCUT2D eigenvalue weighted by atomic mass is 19.4. The van der Waals surface area contributed by atoms with E-state index >= 15 is 0 Å². The molecular weight excluding hydrogens is 290 g/mol. The minimum absolute atomic E-state index is 0.0594. The molecule has 1 aromatic rings. The molecule has 1 heterocycles. The van der Waals surface area contributed by atoms with E-state index in [0.717, 1.165) is 12.1 Å². The smallest absolute Gasteiger partial charge is 0.317 e. The number of carbonyl (C=O) groups is 2. The van der Waals surface area contributed by atoms with Crippen molar-refractivity contribution in [1.82, 2.24) is 5.32 Å². The molecule has 0 radical (unpaired) electrons. The Morgan fingerprint density at radius 2 is 1.76 bits per heavy atom.